The SMILES string of the molecule is NC1(Cc2ccc(C(F)(F)F)cc2F)CC1. The number of hydrogen-bond acceptors (Lipinski definition) is 1. The monoisotopic (exact) mass is 233 g/mol. The average Bonchev–Trinajstić information content (AvgIpc) is 2.86. The summed E-state index contributed by atoms with van der Waals surface area (Å²) < 4.78 is 50.2. The van der Waals surface area contributed by atoms with E-state index in [1.165, 1.54) is 6.07 Å². The van der Waals surface area contributed by atoms with Crippen LogP contribution in [0.5, 0.6) is 0 Å². The van der Waals surface area contributed by atoms with Crippen LogP contribution in [-0.2, 0) is 12.6 Å². The minimum atomic E-state index is -4.50. The maximum Gasteiger partial charge on any atom is 0.416 e. The number of halogens is 4. The van der Waals surface area contributed by atoms with E-state index in [1.54, 1.807) is 0 Å². The molecular weight excluding hydrogens is 222 g/mol. The third-order valence-corrected chi connectivity index (χ3v) is 2.82. The van der Waals surface area contributed by atoms with Gasteiger partial charge in [0.05, 0.1) is 5.56 Å². The van der Waals surface area contributed by atoms with Gasteiger partial charge in [-0.3, -0.25) is 0 Å². The second-order valence-electron chi connectivity index (χ2n) is 4.34. The van der Waals surface area contributed by atoms with Gasteiger partial charge in [0.25, 0.3) is 0 Å². The largest absolute Gasteiger partial charge is 0.416 e. The standard InChI is InChI=1S/C11H11F4N/c12-9-5-8(11(13,14)15)2-1-7(9)6-10(16)3-4-10/h1-2,5H,3-4,6,16H2. The van der Waals surface area contributed by atoms with Crippen LogP contribution in [0.3, 0.4) is 0 Å². The van der Waals surface area contributed by atoms with Crippen molar-refractivity contribution in [1.82, 2.24) is 0 Å². The van der Waals surface area contributed by atoms with Crippen LogP contribution in [0, 0.1) is 5.82 Å². The molecule has 2 rings (SSSR count). The van der Waals surface area contributed by atoms with E-state index in [2.05, 4.69) is 0 Å². The lowest BCUT2D eigenvalue weighted by Gasteiger charge is -2.12. The predicted octanol–water partition coefficient (Wildman–Crippen LogP) is 2.88. The number of hydrogen-bond donors (Lipinski definition) is 1. The van der Waals surface area contributed by atoms with Gasteiger partial charge in [-0.2, -0.15) is 13.2 Å². The number of benzene rings is 1. The summed E-state index contributed by atoms with van der Waals surface area (Å²) in [7, 11) is 0. The van der Waals surface area contributed by atoms with Gasteiger partial charge < -0.3 is 5.73 Å². The molecule has 1 aromatic carbocycles. The Morgan fingerprint density at radius 3 is 2.31 bits per heavy atom. The van der Waals surface area contributed by atoms with Gasteiger partial charge in [0.15, 0.2) is 0 Å². The van der Waals surface area contributed by atoms with E-state index in [1.807, 2.05) is 0 Å². The summed E-state index contributed by atoms with van der Waals surface area (Å²) in [6.07, 6.45) is -2.60. The Hall–Kier alpha value is -1.10. The Morgan fingerprint density at radius 2 is 1.88 bits per heavy atom. The Labute approximate surface area is 90.3 Å². The second-order valence-corrected chi connectivity index (χ2v) is 4.34. The zero-order valence-electron chi connectivity index (χ0n) is 8.44. The third kappa shape index (κ3) is 2.35. The molecule has 1 saturated carbocycles. The Kier molecular flexibility index (Phi) is 2.45. The fourth-order valence-electron chi connectivity index (χ4n) is 1.58. The zero-order chi connectivity index (χ0) is 12.0. The van der Waals surface area contributed by atoms with Crippen molar-refractivity contribution in [3.63, 3.8) is 0 Å². The Bertz CT molecular complexity index is 407. The highest BCUT2D eigenvalue weighted by Crippen LogP contribution is 2.37. The maximum absolute atomic E-state index is 13.4. The van der Waals surface area contributed by atoms with E-state index < -0.39 is 23.1 Å². The van der Waals surface area contributed by atoms with E-state index >= 15 is 0 Å². The summed E-state index contributed by atoms with van der Waals surface area (Å²) in [6, 6.07) is 2.59. The molecule has 0 radical (unpaired) electrons. The summed E-state index contributed by atoms with van der Waals surface area (Å²) in [6.45, 7) is 0. The molecule has 0 saturated heterocycles. The van der Waals surface area contributed by atoms with Crippen LogP contribution >= 0.6 is 0 Å². The normalized spacial score (nSPS) is 18.6. The topological polar surface area (TPSA) is 26.0 Å². The Balaban J connectivity index is 2.23. The van der Waals surface area contributed by atoms with Gasteiger partial charge in [0.2, 0.25) is 0 Å². The van der Waals surface area contributed by atoms with Crippen molar-refractivity contribution in [3.8, 4) is 0 Å². The van der Waals surface area contributed by atoms with E-state index in [-0.39, 0.29) is 5.56 Å². The molecule has 2 N–H and O–H groups in total. The van der Waals surface area contributed by atoms with Crippen molar-refractivity contribution in [2.75, 3.05) is 0 Å². The van der Waals surface area contributed by atoms with Crippen LogP contribution < -0.4 is 5.73 Å². The van der Waals surface area contributed by atoms with Gasteiger partial charge in [0.1, 0.15) is 5.82 Å². The molecule has 1 aliphatic rings. The molecule has 0 unspecified atom stereocenters. The van der Waals surface area contributed by atoms with Gasteiger partial charge in [0, 0.05) is 5.54 Å². The lowest BCUT2D eigenvalue weighted by atomic mass is 10.0. The summed E-state index contributed by atoms with van der Waals surface area (Å²) in [5.41, 5.74) is 4.68. The Morgan fingerprint density at radius 1 is 1.25 bits per heavy atom. The van der Waals surface area contributed by atoms with Crippen molar-refractivity contribution >= 4 is 0 Å². The smallest absolute Gasteiger partial charge is 0.325 e. The molecule has 0 amide bonds. The van der Waals surface area contributed by atoms with Crippen LogP contribution in [0.1, 0.15) is 24.0 Å². The minimum absolute atomic E-state index is 0.257. The number of nitrogens with two attached hydrogens (primary N) is 1. The van der Waals surface area contributed by atoms with Gasteiger partial charge in [-0.1, -0.05) is 6.07 Å². The van der Waals surface area contributed by atoms with E-state index in [0.29, 0.717) is 12.5 Å². The highest BCUT2D eigenvalue weighted by atomic mass is 19.4. The van der Waals surface area contributed by atoms with E-state index in [0.717, 1.165) is 18.9 Å². The van der Waals surface area contributed by atoms with Crippen LogP contribution in [0.4, 0.5) is 17.6 Å². The van der Waals surface area contributed by atoms with Gasteiger partial charge in [-0.25, -0.2) is 4.39 Å². The van der Waals surface area contributed by atoms with Crippen LogP contribution in [0.25, 0.3) is 0 Å². The summed E-state index contributed by atoms with van der Waals surface area (Å²) >= 11 is 0. The first-order valence-corrected chi connectivity index (χ1v) is 4.95. The molecule has 0 spiro atoms. The molecule has 1 nitrogen and oxygen atoms in total. The molecule has 5 heteroatoms. The van der Waals surface area contributed by atoms with E-state index in [4.69, 9.17) is 5.73 Å². The van der Waals surface area contributed by atoms with Crippen LogP contribution in [-0.4, -0.2) is 5.54 Å². The summed E-state index contributed by atoms with van der Waals surface area (Å²) in [5, 5.41) is 0. The molecule has 88 valence electrons. The first-order chi connectivity index (χ1) is 7.30. The van der Waals surface area contributed by atoms with E-state index in [9.17, 15) is 17.6 Å². The minimum Gasteiger partial charge on any atom is -0.325 e. The highest BCUT2D eigenvalue weighted by molar-refractivity contribution is 5.28. The molecule has 0 heterocycles. The first-order valence-electron chi connectivity index (χ1n) is 4.95. The van der Waals surface area contributed by atoms with Crippen molar-refractivity contribution in [2.24, 2.45) is 5.73 Å². The van der Waals surface area contributed by atoms with Gasteiger partial charge in [-0.15, -0.1) is 0 Å². The molecule has 0 atom stereocenters. The lowest BCUT2D eigenvalue weighted by Crippen LogP contribution is -2.25. The molecule has 0 aromatic heterocycles. The average molecular weight is 233 g/mol. The van der Waals surface area contributed by atoms with Crippen molar-refractivity contribution in [1.29, 1.82) is 0 Å². The van der Waals surface area contributed by atoms with Crippen LogP contribution in [0.15, 0.2) is 18.2 Å². The lowest BCUT2D eigenvalue weighted by molar-refractivity contribution is -0.137. The zero-order valence-corrected chi connectivity index (χ0v) is 8.44. The molecule has 1 fully saturated rings. The fourth-order valence-corrected chi connectivity index (χ4v) is 1.58. The number of alkyl halides is 3. The summed E-state index contributed by atoms with van der Waals surface area (Å²) in [4.78, 5) is 0. The van der Waals surface area contributed by atoms with Gasteiger partial charge in [-0.05, 0) is 37.0 Å². The first kappa shape index (κ1) is 11.4. The maximum atomic E-state index is 13.4. The number of rotatable bonds is 2. The molecule has 1 aromatic rings. The third-order valence-electron chi connectivity index (χ3n) is 2.82. The molecule has 16 heavy (non-hydrogen) atoms. The predicted molar refractivity (Wildman–Crippen MR) is 51.3 cm³/mol. The molecular formula is C11H11F4N. The van der Waals surface area contributed by atoms with Gasteiger partial charge >= 0.3 is 6.18 Å². The van der Waals surface area contributed by atoms with Crippen molar-refractivity contribution < 1.29 is 17.6 Å². The fraction of sp³-hybridized carbons (Fsp3) is 0.455. The molecule has 1 aliphatic carbocycles. The summed E-state index contributed by atoms with van der Waals surface area (Å²) in [5.74, 6) is -0.827. The molecule has 0 bridgehead atoms. The van der Waals surface area contributed by atoms with Crippen molar-refractivity contribution in [2.45, 2.75) is 31.0 Å². The highest BCUT2D eigenvalue weighted by Gasteiger charge is 2.39. The second kappa shape index (κ2) is 3.45. The van der Waals surface area contributed by atoms with Crippen LogP contribution in [0.2, 0.25) is 0 Å². The van der Waals surface area contributed by atoms with Crippen molar-refractivity contribution in [3.05, 3.63) is 35.1 Å². The quantitative estimate of drug-likeness (QED) is 0.781. The molecule has 0 aliphatic heterocycles.